The summed E-state index contributed by atoms with van der Waals surface area (Å²) >= 11 is 1.58. The van der Waals surface area contributed by atoms with E-state index in [0.29, 0.717) is 11.7 Å². The van der Waals surface area contributed by atoms with Crippen molar-refractivity contribution in [1.29, 1.82) is 0 Å². The molecule has 1 N–H and O–H groups in total. The molecule has 0 radical (unpaired) electrons. The quantitative estimate of drug-likeness (QED) is 0.174. The van der Waals surface area contributed by atoms with Gasteiger partial charge in [-0.3, -0.25) is 9.55 Å². The van der Waals surface area contributed by atoms with Gasteiger partial charge in [0.2, 0.25) is 0 Å². The molecule has 6 rings (SSSR count). The summed E-state index contributed by atoms with van der Waals surface area (Å²) in [6, 6.07) is 32.3. The third-order valence-corrected chi connectivity index (χ3v) is 8.00. The summed E-state index contributed by atoms with van der Waals surface area (Å²) in [6.45, 7) is 8.62. The average molecular weight is 724 g/mol. The first kappa shape index (κ1) is 28.1. The maximum absolute atomic E-state index is 11.6. The predicted molar refractivity (Wildman–Crippen MR) is 161 cm³/mol. The number of rotatable bonds is 6. The molecule has 0 aliphatic heterocycles. The molecule has 4 nitrogen and oxygen atoms in total. The molecule has 40 heavy (non-hydrogen) atoms. The number of hydrogen-bond acceptors (Lipinski definition) is 4. The molecule has 6 heteroatoms. The topological polar surface area (TPSA) is 50.9 Å². The van der Waals surface area contributed by atoms with Crippen molar-refractivity contribution in [2.75, 3.05) is 0 Å². The number of phenols is 1. The van der Waals surface area contributed by atoms with Gasteiger partial charge in [-0.25, -0.2) is 4.98 Å². The van der Waals surface area contributed by atoms with E-state index in [2.05, 4.69) is 85.8 Å². The third kappa shape index (κ3) is 5.21. The van der Waals surface area contributed by atoms with Gasteiger partial charge in [0, 0.05) is 38.0 Å². The van der Waals surface area contributed by atoms with Crippen LogP contribution >= 0.6 is 11.8 Å². The van der Waals surface area contributed by atoms with Gasteiger partial charge in [0.1, 0.15) is 11.4 Å². The summed E-state index contributed by atoms with van der Waals surface area (Å²) in [7, 11) is 0. The van der Waals surface area contributed by atoms with Crippen LogP contribution in [0, 0.1) is 6.07 Å². The number of hydrogen-bond donors (Lipinski definition) is 1. The van der Waals surface area contributed by atoms with Crippen LogP contribution in [0.3, 0.4) is 0 Å². The normalized spacial score (nSPS) is 11.4. The van der Waals surface area contributed by atoms with Crippen LogP contribution in [0.15, 0.2) is 101 Å². The summed E-state index contributed by atoms with van der Waals surface area (Å²) in [6.07, 6.45) is 1.80. The number of nitrogens with zero attached hydrogens (tertiary/aromatic N) is 3. The van der Waals surface area contributed by atoms with Gasteiger partial charge in [0.15, 0.2) is 0 Å². The first-order valence-corrected chi connectivity index (χ1v) is 14.1. The fraction of sp³-hybridized carbons (Fsp3) is 0.176. The monoisotopic (exact) mass is 723 g/mol. The summed E-state index contributed by atoms with van der Waals surface area (Å²) in [4.78, 5) is 10.6. The summed E-state index contributed by atoms with van der Waals surface area (Å²) in [5.41, 5.74) is 6.50. The van der Waals surface area contributed by atoms with Gasteiger partial charge >= 0.3 is 0 Å². The second-order valence-corrected chi connectivity index (χ2v) is 11.5. The Morgan fingerprint density at radius 1 is 0.825 bits per heavy atom. The van der Waals surface area contributed by atoms with Crippen LogP contribution in [0.1, 0.15) is 50.7 Å². The van der Waals surface area contributed by atoms with E-state index in [1.165, 1.54) is 5.56 Å². The van der Waals surface area contributed by atoms with E-state index in [1.54, 1.807) is 18.0 Å². The van der Waals surface area contributed by atoms with E-state index in [4.69, 9.17) is 4.98 Å². The molecule has 0 spiro atoms. The second kappa shape index (κ2) is 11.6. The van der Waals surface area contributed by atoms with E-state index in [0.717, 1.165) is 54.4 Å². The van der Waals surface area contributed by atoms with Crippen LogP contribution in [0.25, 0.3) is 38.9 Å². The Hall–Kier alpha value is -3.40. The van der Waals surface area contributed by atoms with Crippen LogP contribution in [-0.2, 0) is 21.1 Å². The van der Waals surface area contributed by atoms with Gasteiger partial charge < -0.3 is 5.11 Å². The number of fused-ring (bicyclic) bond motifs is 3. The van der Waals surface area contributed by atoms with E-state index >= 15 is 0 Å². The van der Waals surface area contributed by atoms with E-state index in [9.17, 15) is 5.11 Å². The predicted octanol–water partition coefficient (Wildman–Crippen LogP) is 9.14. The van der Waals surface area contributed by atoms with Crippen molar-refractivity contribution in [3.05, 3.63) is 108 Å². The van der Waals surface area contributed by atoms with Crippen molar-refractivity contribution in [2.45, 2.75) is 49.5 Å². The summed E-state index contributed by atoms with van der Waals surface area (Å²) < 4.78 is 2.12. The molecular formula is C34H30N3OPtS-. The Morgan fingerprint density at radius 3 is 2.38 bits per heavy atom. The molecular weight excluding hydrogens is 694 g/mol. The van der Waals surface area contributed by atoms with Crippen LogP contribution in [0.5, 0.6) is 5.75 Å². The van der Waals surface area contributed by atoms with Gasteiger partial charge in [0.05, 0.1) is 16.2 Å². The Labute approximate surface area is 253 Å². The summed E-state index contributed by atoms with van der Waals surface area (Å²) in [5.74, 6) is 0.824. The Balaban J connectivity index is 0.00000323. The maximum Gasteiger partial charge on any atom is 0.143 e. The van der Waals surface area contributed by atoms with Crippen molar-refractivity contribution in [3.63, 3.8) is 0 Å². The van der Waals surface area contributed by atoms with Crippen LogP contribution in [0.2, 0.25) is 0 Å². The Kier molecular flexibility index (Phi) is 8.16. The molecule has 0 unspecified atom stereocenters. The smallest absolute Gasteiger partial charge is 0.143 e. The number of para-hydroxylation sites is 1. The van der Waals surface area contributed by atoms with Crippen molar-refractivity contribution >= 4 is 33.7 Å². The molecule has 6 aromatic rings. The number of phenolic OH excluding ortho intramolecular Hbond substituents is 1. The zero-order valence-electron chi connectivity index (χ0n) is 22.8. The molecule has 3 aromatic heterocycles. The van der Waals surface area contributed by atoms with Crippen molar-refractivity contribution < 1.29 is 26.2 Å². The van der Waals surface area contributed by atoms with Gasteiger partial charge in [-0.2, -0.15) is 0 Å². The minimum absolute atomic E-state index is 0. The standard InChI is InChI=1S/C34H30N3OS.Pt/c1-21(2)24-19-28(22(3)4)33(38)31(20-24)37-30-13-6-5-12-26(30)27-15-16-29(36-34(27)37)23-10-9-11-25(18-23)39-32-14-7-8-17-35-32;/h5-17,19-22,38H,1-4H3;/q-1;. The van der Waals surface area contributed by atoms with E-state index < -0.39 is 0 Å². The molecule has 0 aliphatic carbocycles. The summed E-state index contributed by atoms with van der Waals surface area (Å²) in [5, 5.41) is 14.6. The first-order valence-electron chi connectivity index (χ1n) is 13.3. The van der Waals surface area contributed by atoms with Crippen molar-refractivity contribution in [3.8, 4) is 22.7 Å². The van der Waals surface area contributed by atoms with Crippen molar-refractivity contribution in [1.82, 2.24) is 14.5 Å². The molecule has 0 fully saturated rings. The largest absolute Gasteiger partial charge is 0.505 e. The van der Waals surface area contributed by atoms with Crippen molar-refractivity contribution in [2.24, 2.45) is 0 Å². The van der Waals surface area contributed by atoms with Crippen LogP contribution in [-0.4, -0.2) is 19.6 Å². The average Bonchev–Trinajstić information content (AvgIpc) is 3.27. The Bertz CT molecular complexity index is 1810. The van der Waals surface area contributed by atoms with E-state index in [1.807, 2.05) is 42.5 Å². The van der Waals surface area contributed by atoms with Gasteiger partial charge in [-0.05, 0) is 52.9 Å². The zero-order chi connectivity index (χ0) is 27.1. The minimum atomic E-state index is 0. The molecule has 0 amide bonds. The molecule has 0 bridgehead atoms. The third-order valence-electron chi connectivity index (χ3n) is 7.09. The van der Waals surface area contributed by atoms with Gasteiger partial charge in [0.25, 0.3) is 0 Å². The molecule has 0 saturated heterocycles. The molecule has 3 heterocycles. The molecule has 3 aromatic carbocycles. The number of aromatic nitrogens is 3. The fourth-order valence-corrected chi connectivity index (χ4v) is 5.81. The number of benzene rings is 3. The Morgan fingerprint density at radius 2 is 1.62 bits per heavy atom. The molecule has 0 saturated carbocycles. The maximum atomic E-state index is 11.6. The number of aromatic hydroxyl groups is 1. The van der Waals surface area contributed by atoms with Crippen LogP contribution < -0.4 is 0 Å². The zero-order valence-corrected chi connectivity index (χ0v) is 25.9. The van der Waals surface area contributed by atoms with Crippen LogP contribution in [0.4, 0.5) is 0 Å². The SMILES string of the molecule is CC(C)c1cc(C(C)C)c(O)c(-n2c3ccccc3c3ccc(-c4[c-]c(Sc5ccccn5)ccc4)nc32)c1.[Pt]. The second-order valence-electron chi connectivity index (χ2n) is 10.4. The minimum Gasteiger partial charge on any atom is -0.505 e. The molecule has 0 aliphatic rings. The van der Waals surface area contributed by atoms with E-state index in [-0.39, 0.29) is 27.0 Å². The molecule has 0 atom stereocenters. The first-order chi connectivity index (χ1) is 18.9. The van der Waals surface area contributed by atoms with Gasteiger partial charge in [-0.15, -0.1) is 29.8 Å². The van der Waals surface area contributed by atoms with Gasteiger partial charge in [-0.1, -0.05) is 86.8 Å². The number of pyridine rings is 2. The fourth-order valence-electron chi connectivity index (χ4n) is 5.02. The molecule has 204 valence electrons.